The smallest absolute Gasteiger partial charge is 0.262 e. The van der Waals surface area contributed by atoms with Crippen LogP contribution in [-0.2, 0) is 13.0 Å². The predicted molar refractivity (Wildman–Crippen MR) is 66.7 cm³/mol. The molecule has 0 aromatic carbocycles. The highest BCUT2D eigenvalue weighted by Crippen LogP contribution is 2.13. The highest BCUT2D eigenvalue weighted by molar-refractivity contribution is 7.16. The minimum atomic E-state index is -0.0856. The molecule has 18 heavy (non-hydrogen) atoms. The summed E-state index contributed by atoms with van der Waals surface area (Å²) in [7, 11) is 0. The van der Waals surface area contributed by atoms with Gasteiger partial charge in [0, 0.05) is 6.42 Å². The molecular formula is C11H10N4O2S. The van der Waals surface area contributed by atoms with Gasteiger partial charge in [-0.1, -0.05) is 6.92 Å². The molecule has 3 aromatic rings. The molecule has 6 nitrogen and oxygen atoms in total. The maximum Gasteiger partial charge on any atom is 0.262 e. The zero-order chi connectivity index (χ0) is 12.5. The first-order chi connectivity index (χ1) is 8.78. The molecule has 0 aliphatic rings. The summed E-state index contributed by atoms with van der Waals surface area (Å²) in [5.41, 5.74) is -0.0856. The van der Waals surface area contributed by atoms with Gasteiger partial charge in [0.05, 0.1) is 11.7 Å². The lowest BCUT2D eigenvalue weighted by molar-refractivity contribution is 0.439. The molecule has 0 bridgehead atoms. The van der Waals surface area contributed by atoms with Crippen LogP contribution in [0, 0.1) is 0 Å². The van der Waals surface area contributed by atoms with Crippen LogP contribution in [0.2, 0.25) is 0 Å². The average molecular weight is 262 g/mol. The van der Waals surface area contributed by atoms with Crippen molar-refractivity contribution in [3.8, 4) is 0 Å². The molecule has 3 heterocycles. The van der Waals surface area contributed by atoms with E-state index in [2.05, 4.69) is 15.2 Å². The Labute approximate surface area is 106 Å². The first-order valence-corrected chi connectivity index (χ1v) is 6.40. The molecular weight excluding hydrogens is 252 g/mol. The Morgan fingerprint density at radius 1 is 1.39 bits per heavy atom. The third kappa shape index (κ3) is 1.82. The van der Waals surface area contributed by atoms with Crippen LogP contribution in [0.4, 0.5) is 0 Å². The number of aromatic nitrogens is 4. The summed E-state index contributed by atoms with van der Waals surface area (Å²) in [4.78, 5) is 17.1. The van der Waals surface area contributed by atoms with Gasteiger partial charge in [0.1, 0.15) is 11.4 Å². The highest BCUT2D eigenvalue weighted by Gasteiger charge is 2.09. The first-order valence-electron chi connectivity index (χ1n) is 5.52. The van der Waals surface area contributed by atoms with E-state index in [1.165, 1.54) is 22.2 Å². The van der Waals surface area contributed by atoms with Crippen LogP contribution in [0.15, 0.2) is 27.0 Å². The van der Waals surface area contributed by atoms with Crippen molar-refractivity contribution in [1.82, 2.24) is 19.7 Å². The normalized spacial score (nSPS) is 11.2. The van der Waals surface area contributed by atoms with E-state index in [0.717, 1.165) is 4.83 Å². The largest absolute Gasteiger partial charge is 0.423 e. The zero-order valence-electron chi connectivity index (χ0n) is 9.66. The molecule has 0 unspecified atom stereocenters. The Morgan fingerprint density at radius 3 is 3.00 bits per heavy atom. The second kappa shape index (κ2) is 4.34. The Morgan fingerprint density at radius 2 is 2.22 bits per heavy atom. The van der Waals surface area contributed by atoms with E-state index in [-0.39, 0.29) is 12.1 Å². The molecule has 0 saturated carbocycles. The van der Waals surface area contributed by atoms with Gasteiger partial charge in [-0.15, -0.1) is 21.5 Å². The van der Waals surface area contributed by atoms with E-state index >= 15 is 0 Å². The number of nitrogens with zero attached hydrogens (tertiary/aromatic N) is 4. The molecule has 92 valence electrons. The van der Waals surface area contributed by atoms with Gasteiger partial charge < -0.3 is 4.42 Å². The molecule has 0 saturated heterocycles. The molecule has 0 aliphatic carbocycles. The van der Waals surface area contributed by atoms with Gasteiger partial charge in [0.25, 0.3) is 5.56 Å². The standard InChI is InChI=1S/C11H10N4O2S/c1-2-8-13-14-9(17-8)5-15-6-12-10-7(11(15)16)3-4-18-10/h3-4,6H,2,5H2,1H3. The maximum atomic E-state index is 12.1. The van der Waals surface area contributed by atoms with Gasteiger partial charge in [-0.05, 0) is 11.4 Å². The van der Waals surface area contributed by atoms with Gasteiger partial charge in [-0.2, -0.15) is 0 Å². The van der Waals surface area contributed by atoms with Crippen LogP contribution in [0.5, 0.6) is 0 Å². The van der Waals surface area contributed by atoms with Crippen LogP contribution in [0.25, 0.3) is 10.2 Å². The van der Waals surface area contributed by atoms with Crippen LogP contribution in [0.3, 0.4) is 0 Å². The first kappa shape index (κ1) is 11.1. The second-order valence-electron chi connectivity index (χ2n) is 3.76. The van der Waals surface area contributed by atoms with Crippen molar-refractivity contribution in [2.75, 3.05) is 0 Å². The van der Waals surface area contributed by atoms with Crippen molar-refractivity contribution < 1.29 is 4.42 Å². The lowest BCUT2D eigenvalue weighted by Gasteiger charge is -2.00. The highest BCUT2D eigenvalue weighted by atomic mass is 32.1. The van der Waals surface area contributed by atoms with Gasteiger partial charge >= 0.3 is 0 Å². The third-order valence-electron chi connectivity index (χ3n) is 2.57. The van der Waals surface area contributed by atoms with Crippen molar-refractivity contribution in [1.29, 1.82) is 0 Å². The monoisotopic (exact) mass is 262 g/mol. The summed E-state index contributed by atoms with van der Waals surface area (Å²) in [6.45, 7) is 2.19. The fourth-order valence-electron chi connectivity index (χ4n) is 1.65. The SMILES string of the molecule is CCc1nnc(Cn2cnc3sccc3c2=O)o1. The quantitative estimate of drug-likeness (QED) is 0.714. The Bertz CT molecular complexity index is 743. The number of fused-ring (bicyclic) bond motifs is 1. The number of hydrogen-bond acceptors (Lipinski definition) is 6. The lowest BCUT2D eigenvalue weighted by atomic mass is 10.4. The minimum Gasteiger partial charge on any atom is -0.423 e. The number of thiophene rings is 1. The summed E-state index contributed by atoms with van der Waals surface area (Å²) < 4.78 is 6.85. The van der Waals surface area contributed by atoms with Gasteiger partial charge in [0.2, 0.25) is 11.8 Å². The third-order valence-corrected chi connectivity index (χ3v) is 3.39. The van der Waals surface area contributed by atoms with E-state index in [1.807, 2.05) is 12.3 Å². The fraction of sp³-hybridized carbons (Fsp3) is 0.273. The van der Waals surface area contributed by atoms with E-state index in [9.17, 15) is 4.79 Å². The molecule has 0 N–H and O–H groups in total. The lowest BCUT2D eigenvalue weighted by Crippen LogP contribution is -2.20. The van der Waals surface area contributed by atoms with E-state index in [1.54, 1.807) is 6.07 Å². The topological polar surface area (TPSA) is 73.8 Å². The van der Waals surface area contributed by atoms with Crippen LogP contribution < -0.4 is 5.56 Å². The second-order valence-corrected chi connectivity index (χ2v) is 4.65. The summed E-state index contributed by atoms with van der Waals surface area (Å²) >= 11 is 1.45. The minimum absolute atomic E-state index is 0.0856. The van der Waals surface area contributed by atoms with Crippen molar-refractivity contribution in [3.63, 3.8) is 0 Å². The zero-order valence-corrected chi connectivity index (χ0v) is 10.5. The molecule has 0 aliphatic heterocycles. The Balaban J connectivity index is 1.99. The molecule has 3 rings (SSSR count). The van der Waals surface area contributed by atoms with Crippen molar-refractivity contribution >= 4 is 21.6 Å². The van der Waals surface area contributed by atoms with Gasteiger partial charge in [-0.3, -0.25) is 9.36 Å². The summed E-state index contributed by atoms with van der Waals surface area (Å²) in [5, 5.41) is 10.2. The summed E-state index contributed by atoms with van der Waals surface area (Å²) in [6, 6.07) is 1.77. The number of aryl methyl sites for hydroxylation is 1. The molecule has 3 aromatic heterocycles. The molecule has 0 fully saturated rings. The molecule has 0 atom stereocenters. The predicted octanol–water partition coefficient (Wildman–Crippen LogP) is 1.45. The van der Waals surface area contributed by atoms with E-state index < -0.39 is 0 Å². The van der Waals surface area contributed by atoms with Crippen molar-refractivity contribution in [3.05, 3.63) is 39.9 Å². The van der Waals surface area contributed by atoms with Gasteiger partial charge in [-0.25, -0.2) is 4.98 Å². The molecule has 0 radical (unpaired) electrons. The van der Waals surface area contributed by atoms with E-state index in [0.29, 0.717) is 23.6 Å². The Kier molecular flexibility index (Phi) is 2.67. The number of rotatable bonds is 3. The number of hydrogen-bond donors (Lipinski definition) is 0. The van der Waals surface area contributed by atoms with Crippen LogP contribution in [-0.4, -0.2) is 19.7 Å². The van der Waals surface area contributed by atoms with Crippen molar-refractivity contribution in [2.45, 2.75) is 19.9 Å². The van der Waals surface area contributed by atoms with Crippen LogP contribution >= 0.6 is 11.3 Å². The van der Waals surface area contributed by atoms with E-state index in [4.69, 9.17) is 4.42 Å². The summed E-state index contributed by atoms with van der Waals surface area (Å²) in [5.74, 6) is 0.993. The summed E-state index contributed by atoms with van der Waals surface area (Å²) in [6.07, 6.45) is 2.20. The maximum absolute atomic E-state index is 12.1. The van der Waals surface area contributed by atoms with Crippen molar-refractivity contribution in [2.24, 2.45) is 0 Å². The fourth-order valence-corrected chi connectivity index (χ4v) is 2.37. The molecule has 7 heteroatoms. The molecule has 0 spiro atoms. The van der Waals surface area contributed by atoms with Crippen LogP contribution in [0.1, 0.15) is 18.7 Å². The average Bonchev–Trinajstić information content (AvgIpc) is 3.01. The molecule has 0 amide bonds. The van der Waals surface area contributed by atoms with Gasteiger partial charge in [0.15, 0.2) is 0 Å². The Hall–Kier alpha value is -2.02.